The second-order valence-corrected chi connectivity index (χ2v) is 15.4. The Kier molecular flexibility index (Phi) is 12.8. The van der Waals surface area contributed by atoms with Gasteiger partial charge in [-0.05, 0) is 68.5 Å². The number of ether oxygens (including phenoxy) is 1. The molecule has 1 atom stereocenters. The van der Waals surface area contributed by atoms with E-state index in [9.17, 15) is 19.5 Å². The number of unbranched alkanes of at least 4 members (excludes halogenated alkanes) is 1. The van der Waals surface area contributed by atoms with Crippen LogP contribution in [0.25, 0.3) is 11.1 Å². The molecule has 270 valence electrons. The van der Waals surface area contributed by atoms with Crippen LogP contribution in [0.1, 0.15) is 53.6 Å². The maximum Gasteiger partial charge on any atom is 0.326 e. The molecule has 1 unspecified atom stereocenters. The van der Waals surface area contributed by atoms with Crippen LogP contribution in [0.15, 0.2) is 78.0 Å². The summed E-state index contributed by atoms with van der Waals surface area (Å²) in [6, 6.07) is 17.8. The highest BCUT2D eigenvalue weighted by molar-refractivity contribution is 7.99. The molecule has 0 fully saturated rings. The Balaban J connectivity index is 1.20. The summed E-state index contributed by atoms with van der Waals surface area (Å²) in [6.45, 7) is 4.35. The molecule has 0 saturated heterocycles. The van der Waals surface area contributed by atoms with Gasteiger partial charge in [0.05, 0.1) is 52.7 Å². The van der Waals surface area contributed by atoms with Crippen molar-refractivity contribution in [3.63, 3.8) is 0 Å². The number of nitrogens with one attached hydrogen (secondary N) is 1. The van der Waals surface area contributed by atoms with Gasteiger partial charge in [-0.2, -0.15) is 5.10 Å². The molecule has 2 heterocycles. The lowest BCUT2D eigenvalue weighted by atomic mass is 10.1. The number of benzene rings is 3. The van der Waals surface area contributed by atoms with Gasteiger partial charge < -0.3 is 24.5 Å². The Labute approximate surface area is 309 Å². The third-order valence-electron chi connectivity index (χ3n) is 8.81. The highest BCUT2D eigenvalue weighted by Gasteiger charge is 2.26. The maximum absolute atomic E-state index is 13.4. The fourth-order valence-corrected chi connectivity index (χ4v) is 7.35. The van der Waals surface area contributed by atoms with Crippen LogP contribution in [0.5, 0.6) is 5.75 Å². The maximum atomic E-state index is 13.4. The topological polar surface area (TPSA) is 114 Å². The molecule has 12 heteroatoms. The molecule has 3 aromatic carbocycles. The first-order valence-electron chi connectivity index (χ1n) is 17.3. The van der Waals surface area contributed by atoms with Gasteiger partial charge in [0, 0.05) is 57.1 Å². The quantitative estimate of drug-likeness (QED) is 0.0950. The van der Waals surface area contributed by atoms with E-state index in [-0.39, 0.29) is 5.91 Å². The van der Waals surface area contributed by atoms with Crippen molar-refractivity contribution in [2.45, 2.75) is 56.5 Å². The van der Waals surface area contributed by atoms with Crippen molar-refractivity contribution in [2.24, 2.45) is 0 Å². The van der Waals surface area contributed by atoms with Crippen molar-refractivity contribution in [1.29, 1.82) is 0 Å². The summed E-state index contributed by atoms with van der Waals surface area (Å²) >= 11 is 7.94. The number of thioether (sulfide) groups is 1. The van der Waals surface area contributed by atoms with Gasteiger partial charge in [0.25, 0.3) is 5.91 Å². The summed E-state index contributed by atoms with van der Waals surface area (Å²) in [5.41, 5.74) is 5.00. The highest BCUT2D eigenvalue weighted by atomic mass is 35.5. The molecule has 2 N–H and O–H groups in total. The van der Waals surface area contributed by atoms with Gasteiger partial charge in [0.1, 0.15) is 11.8 Å². The largest absolute Gasteiger partial charge is 0.493 e. The predicted molar refractivity (Wildman–Crippen MR) is 203 cm³/mol. The van der Waals surface area contributed by atoms with Crippen molar-refractivity contribution in [1.82, 2.24) is 15.1 Å². The zero-order chi connectivity index (χ0) is 36.5. The van der Waals surface area contributed by atoms with E-state index >= 15 is 0 Å². The van der Waals surface area contributed by atoms with E-state index in [1.54, 1.807) is 30.0 Å². The Bertz CT molecular complexity index is 1860. The molecule has 2 amide bonds. The normalized spacial score (nSPS) is 13.4. The average Bonchev–Trinajstić information content (AvgIpc) is 3.56. The number of carboxylic acids is 1. The van der Waals surface area contributed by atoms with Crippen LogP contribution in [0.4, 0.5) is 5.69 Å². The molecule has 0 spiro atoms. The van der Waals surface area contributed by atoms with E-state index in [4.69, 9.17) is 16.3 Å². The van der Waals surface area contributed by atoms with Gasteiger partial charge in [-0.1, -0.05) is 41.9 Å². The SMILES string of the molecule is Cc1c(Cl)cccc1OCCCC(=O)N1CCSc2c(-c3cnn(Cc4cccc(C(=O)NC(CCCC[N+](C)(C)C)C(=O)O)c4)c3)cccc21. The van der Waals surface area contributed by atoms with Gasteiger partial charge in [-0.3, -0.25) is 14.3 Å². The second-order valence-electron chi connectivity index (χ2n) is 13.9. The molecule has 4 aromatic rings. The minimum Gasteiger partial charge on any atom is -0.493 e. The number of amides is 2. The van der Waals surface area contributed by atoms with Crippen LogP contribution >= 0.6 is 23.4 Å². The third-order valence-corrected chi connectivity index (χ3v) is 10.3. The van der Waals surface area contributed by atoms with Gasteiger partial charge in [0.15, 0.2) is 0 Å². The fraction of sp³-hybridized carbons (Fsp3) is 0.385. The van der Waals surface area contributed by atoms with E-state index in [1.807, 2.05) is 65.3 Å². The Morgan fingerprint density at radius 1 is 1.06 bits per heavy atom. The van der Waals surface area contributed by atoms with E-state index < -0.39 is 17.9 Å². The minimum absolute atomic E-state index is 0.0641. The summed E-state index contributed by atoms with van der Waals surface area (Å²) in [5, 5.41) is 17.7. The summed E-state index contributed by atoms with van der Waals surface area (Å²) in [7, 11) is 6.30. The molecule has 10 nitrogen and oxygen atoms in total. The number of carbonyl (C=O) groups is 3. The summed E-state index contributed by atoms with van der Waals surface area (Å²) in [6.07, 6.45) is 6.73. The van der Waals surface area contributed by atoms with Crippen LogP contribution in [-0.2, 0) is 16.1 Å². The van der Waals surface area contributed by atoms with Gasteiger partial charge in [0.2, 0.25) is 5.91 Å². The molecule has 0 saturated carbocycles. The lowest BCUT2D eigenvalue weighted by Crippen LogP contribution is -2.41. The molecular formula is C39H47ClN5O5S+. The second kappa shape index (κ2) is 17.3. The minimum atomic E-state index is -1.03. The van der Waals surface area contributed by atoms with E-state index in [2.05, 4.69) is 37.6 Å². The number of rotatable bonds is 16. The van der Waals surface area contributed by atoms with E-state index in [0.29, 0.717) is 56.0 Å². The van der Waals surface area contributed by atoms with Crippen LogP contribution in [0.3, 0.4) is 0 Å². The molecule has 5 rings (SSSR count). The van der Waals surface area contributed by atoms with Crippen molar-refractivity contribution >= 4 is 46.8 Å². The summed E-state index contributed by atoms with van der Waals surface area (Å²) in [5.74, 6) is 0.147. The number of anilines is 1. The Morgan fingerprint density at radius 3 is 2.63 bits per heavy atom. The zero-order valence-corrected chi connectivity index (χ0v) is 31.3. The van der Waals surface area contributed by atoms with Crippen LogP contribution < -0.4 is 15.0 Å². The average molecular weight is 733 g/mol. The number of aliphatic carboxylic acids is 1. The van der Waals surface area contributed by atoms with Crippen molar-refractivity contribution in [3.8, 4) is 16.9 Å². The Hall–Kier alpha value is -4.32. The van der Waals surface area contributed by atoms with Crippen LogP contribution in [0.2, 0.25) is 5.02 Å². The number of hydrogen-bond donors (Lipinski definition) is 2. The summed E-state index contributed by atoms with van der Waals surface area (Å²) in [4.78, 5) is 41.3. The number of quaternary nitrogens is 1. The first kappa shape index (κ1) is 37.9. The van der Waals surface area contributed by atoms with Gasteiger partial charge in [-0.15, -0.1) is 11.8 Å². The van der Waals surface area contributed by atoms with Crippen molar-refractivity contribution in [3.05, 3.63) is 94.8 Å². The van der Waals surface area contributed by atoms with Crippen molar-refractivity contribution in [2.75, 3.05) is 51.5 Å². The first-order chi connectivity index (χ1) is 24.4. The van der Waals surface area contributed by atoms with Crippen LogP contribution in [-0.4, -0.2) is 89.8 Å². The Morgan fingerprint density at radius 2 is 1.84 bits per heavy atom. The number of carbonyl (C=O) groups excluding carboxylic acids is 2. The number of nitrogens with zero attached hydrogens (tertiary/aromatic N) is 4. The zero-order valence-electron chi connectivity index (χ0n) is 29.7. The highest BCUT2D eigenvalue weighted by Crippen LogP contribution is 2.42. The predicted octanol–water partition coefficient (Wildman–Crippen LogP) is 6.92. The first-order valence-corrected chi connectivity index (χ1v) is 18.7. The molecule has 0 aliphatic carbocycles. The van der Waals surface area contributed by atoms with Crippen LogP contribution in [0, 0.1) is 6.92 Å². The number of aromatic nitrogens is 2. The smallest absolute Gasteiger partial charge is 0.326 e. The summed E-state index contributed by atoms with van der Waals surface area (Å²) < 4.78 is 8.53. The lowest BCUT2D eigenvalue weighted by molar-refractivity contribution is -0.870. The molecule has 0 radical (unpaired) electrons. The van der Waals surface area contributed by atoms with E-state index in [0.717, 1.165) is 61.8 Å². The standard InChI is InChI=1S/C39H46ClN5O5S/c1-27-32(40)14-9-17-35(27)50-21-10-18-36(46)44-19-22-51-37-31(13-8-16-34(37)44)30-24-41-43(26-30)25-28-11-7-12-29(23-28)38(47)42-33(39(48)49)15-5-6-20-45(2,3)4/h7-9,11-14,16-17,23-24,26,33H,5-6,10,15,18-22,25H2,1-4H3,(H-,42,47,48,49)/p+1. The molecular weight excluding hydrogens is 686 g/mol. The van der Waals surface area contributed by atoms with Gasteiger partial charge in [-0.25, -0.2) is 4.79 Å². The lowest BCUT2D eigenvalue weighted by Gasteiger charge is -2.30. The molecule has 1 aliphatic heterocycles. The number of hydrogen-bond acceptors (Lipinski definition) is 6. The monoisotopic (exact) mass is 732 g/mol. The molecule has 0 bridgehead atoms. The third kappa shape index (κ3) is 10.4. The van der Waals surface area contributed by atoms with Gasteiger partial charge >= 0.3 is 5.97 Å². The van der Waals surface area contributed by atoms with E-state index in [1.165, 1.54) is 0 Å². The van der Waals surface area contributed by atoms with Crippen molar-refractivity contribution < 1.29 is 28.7 Å². The number of carboxylic acid groups (broad SMARTS) is 1. The molecule has 1 aromatic heterocycles. The fourth-order valence-electron chi connectivity index (χ4n) is 6.04. The number of halogens is 1. The molecule has 1 aliphatic rings. The molecule has 51 heavy (non-hydrogen) atoms. The number of fused-ring (bicyclic) bond motifs is 1.